The standard InChI is InChI=1S/C6H10F2/c1-6(2)3-4(6)5(7)8/h4-5H,3H2,1-2H3/t4-/m0/s1. The van der Waals surface area contributed by atoms with E-state index in [9.17, 15) is 8.78 Å². The summed E-state index contributed by atoms with van der Waals surface area (Å²) in [5, 5.41) is 0. The van der Waals surface area contributed by atoms with Crippen LogP contribution in [-0.2, 0) is 0 Å². The molecule has 48 valence electrons. The normalized spacial score (nSPS) is 33.4. The van der Waals surface area contributed by atoms with Gasteiger partial charge < -0.3 is 0 Å². The average Bonchev–Trinajstić information content (AvgIpc) is 2.13. The van der Waals surface area contributed by atoms with E-state index in [1.165, 1.54) is 0 Å². The topological polar surface area (TPSA) is 0 Å². The van der Waals surface area contributed by atoms with Gasteiger partial charge in [-0.25, -0.2) is 8.78 Å². The van der Waals surface area contributed by atoms with E-state index in [1.807, 2.05) is 13.8 Å². The second-order valence-corrected chi connectivity index (χ2v) is 3.13. The Bertz CT molecular complexity index is 96.7. The number of halogens is 2. The molecule has 1 atom stereocenters. The van der Waals surface area contributed by atoms with Crippen molar-refractivity contribution in [1.29, 1.82) is 0 Å². The minimum atomic E-state index is -2.09. The maximum atomic E-state index is 11.7. The van der Waals surface area contributed by atoms with E-state index in [-0.39, 0.29) is 11.3 Å². The van der Waals surface area contributed by atoms with Crippen LogP contribution < -0.4 is 0 Å². The second kappa shape index (κ2) is 1.42. The first kappa shape index (κ1) is 5.99. The predicted octanol–water partition coefficient (Wildman–Crippen LogP) is 2.30. The molecule has 1 fully saturated rings. The molecule has 0 unspecified atom stereocenters. The zero-order valence-electron chi connectivity index (χ0n) is 5.12. The average molecular weight is 120 g/mol. The van der Waals surface area contributed by atoms with Gasteiger partial charge in [-0.05, 0) is 11.8 Å². The van der Waals surface area contributed by atoms with Crippen molar-refractivity contribution in [2.45, 2.75) is 26.7 Å². The first-order valence-corrected chi connectivity index (χ1v) is 2.82. The minimum Gasteiger partial charge on any atom is -0.210 e. The zero-order valence-corrected chi connectivity index (χ0v) is 5.12. The fourth-order valence-electron chi connectivity index (χ4n) is 0.938. The quantitative estimate of drug-likeness (QED) is 0.498. The van der Waals surface area contributed by atoms with Crippen LogP contribution in [0.1, 0.15) is 20.3 Å². The molecule has 0 amide bonds. The van der Waals surface area contributed by atoms with Crippen molar-refractivity contribution in [2.24, 2.45) is 11.3 Å². The Labute approximate surface area is 47.9 Å². The molecular formula is C6H10F2. The summed E-state index contributed by atoms with van der Waals surface area (Å²) in [5.74, 6) is -0.317. The molecule has 0 aromatic rings. The van der Waals surface area contributed by atoms with Gasteiger partial charge in [-0.15, -0.1) is 0 Å². The van der Waals surface area contributed by atoms with Gasteiger partial charge in [-0.2, -0.15) is 0 Å². The first-order valence-electron chi connectivity index (χ1n) is 2.82. The van der Waals surface area contributed by atoms with Crippen molar-refractivity contribution in [3.8, 4) is 0 Å². The smallest absolute Gasteiger partial charge is 0.210 e. The third-order valence-electron chi connectivity index (χ3n) is 1.89. The molecule has 2 heteroatoms. The first-order chi connectivity index (χ1) is 3.54. The SMILES string of the molecule is CC1(C)C[C@H]1C(F)F. The largest absolute Gasteiger partial charge is 0.241 e. The lowest BCUT2D eigenvalue weighted by Crippen LogP contribution is -1.99. The van der Waals surface area contributed by atoms with E-state index in [2.05, 4.69) is 0 Å². The van der Waals surface area contributed by atoms with E-state index in [0.29, 0.717) is 6.42 Å². The summed E-state index contributed by atoms with van der Waals surface area (Å²) < 4.78 is 23.4. The summed E-state index contributed by atoms with van der Waals surface area (Å²) in [6, 6.07) is 0. The molecule has 0 aromatic heterocycles. The van der Waals surface area contributed by atoms with Crippen LogP contribution >= 0.6 is 0 Å². The molecular weight excluding hydrogens is 110 g/mol. The highest BCUT2D eigenvalue weighted by Gasteiger charge is 2.51. The Morgan fingerprint density at radius 3 is 1.88 bits per heavy atom. The molecule has 0 N–H and O–H groups in total. The predicted molar refractivity (Wildman–Crippen MR) is 27.9 cm³/mol. The van der Waals surface area contributed by atoms with E-state index in [1.54, 1.807) is 0 Å². The highest BCUT2D eigenvalue weighted by atomic mass is 19.3. The maximum absolute atomic E-state index is 11.7. The molecule has 0 aromatic carbocycles. The number of hydrogen-bond donors (Lipinski definition) is 0. The summed E-state index contributed by atoms with van der Waals surface area (Å²) in [7, 11) is 0. The number of alkyl halides is 2. The summed E-state index contributed by atoms with van der Waals surface area (Å²) in [5.41, 5.74) is -0.0613. The fraction of sp³-hybridized carbons (Fsp3) is 1.00. The Kier molecular flexibility index (Phi) is 1.07. The summed E-state index contributed by atoms with van der Waals surface area (Å²) in [4.78, 5) is 0. The van der Waals surface area contributed by atoms with Crippen LogP contribution in [0.15, 0.2) is 0 Å². The van der Waals surface area contributed by atoms with Crippen LogP contribution in [0.3, 0.4) is 0 Å². The Morgan fingerprint density at radius 2 is 1.88 bits per heavy atom. The number of hydrogen-bond acceptors (Lipinski definition) is 0. The van der Waals surface area contributed by atoms with Gasteiger partial charge >= 0.3 is 0 Å². The van der Waals surface area contributed by atoms with E-state index >= 15 is 0 Å². The maximum Gasteiger partial charge on any atom is 0.241 e. The van der Waals surface area contributed by atoms with Crippen molar-refractivity contribution in [2.75, 3.05) is 0 Å². The molecule has 1 saturated carbocycles. The van der Waals surface area contributed by atoms with Crippen LogP contribution in [0.4, 0.5) is 8.78 Å². The van der Waals surface area contributed by atoms with Gasteiger partial charge in [0.25, 0.3) is 0 Å². The molecule has 0 saturated heterocycles. The molecule has 8 heavy (non-hydrogen) atoms. The Hall–Kier alpha value is -0.140. The zero-order chi connectivity index (χ0) is 6.36. The summed E-state index contributed by atoms with van der Waals surface area (Å²) in [6.07, 6.45) is -1.39. The van der Waals surface area contributed by atoms with Gasteiger partial charge in [-0.3, -0.25) is 0 Å². The molecule has 1 aliphatic carbocycles. The van der Waals surface area contributed by atoms with Crippen molar-refractivity contribution >= 4 is 0 Å². The molecule has 1 aliphatic rings. The van der Waals surface area contributed by atoms with Crippen molar-refractivity contribution < 1.29 is 8.78 Å². The monoisotopic (exact) mass is 120 g/mol. The van der Waals surface area contributed by atoms with Crippen LogP contribution in [0.5, 0.6) is 0 Å². The molecule has 0 aliphatic heterocycles. The van der Waals surface area contributed by atoms with E-state index < -0.39 is 6.43 Å². The Morgan fingerprint density at radius 1 is 1.50 bits per heavy atom. The molecule has 0 radical (unpaired) electrons. The van der Waals surface area contributed by atoms with E-state index in [4.69, 9.17) is 0 Å². The third-order valence-corrected chi connectivity index (χ3v) is 1.89. The van der Waals surface area contributed by atoms with Gasteiger partial charge in [0.1, 0.15) is 0 Å². The lowest BCUT2D eigenvalue weighted by atomic mass is 10.1. The third kappa shape index (κ3) is 0.837. The van der Waals surface area contributed by atoms with Gasteiger partial charge in [-0.1, -0.05) is 13.8 Å². The van der Waals surface area contributed by atoms with Gasteiger partial charge in [0.15, 0.2) is 0 Å². The van der Waals surface area contributed by atoms with Crippen molar-refractivity contribution in [1.82, 2.24) is 0 Å². The summed E-state index contributed by atoms with van der Waals surface area (Å²) in [6.45, 7) is 3.76. The molecule has 0 heterocycles. The van der Waals surface area contributed by atoms with Crippen LogP contribution in [-0.4, -0.2) is 6.43 Å². The van der Waals surface area contributed by atoms with E-state index in [0.717, 1.165) is 0 Å². The second-order valence-electron chi connectivity index (χ2n) is 3.13. The van der Waals surface area contributed by atoms with Crippen molar-refractivity contribution in [3.05, 3.63) is 0 Å². The van der Waals surface area contributed by atoms with Gasteiger partial charge in [0, 0.05) is 5.92 Å². The van der Waals surface area contributed by atoms with Crippen LogP contribution in [0, 0.1) is 11.3 Å². The highest BCUT2D eigenvalue weighted by molar-refractivity contribution is 4.96. The number of rotatable bonds is 1. The fourth-order valence-corrected chi connectivity index (χ4v) is 0.938. The summed E-state index contributed by atoms with van der Waals surface area (Å²) >= 11 is 0. The highest BCUT2D eigenvalue weighted by Crippen LogP contribution is 2.54. The van der Waals surface area contributed by atoms with Gasteiger partial charge in [0.05, 0.1) is 0 Å². The van der Waals surface area contributed by atoms with Crippen molar-refractivity contribution in [3.63, 3.8) is 0 Å². The molecule has 0 bridgehead atoms. The lowest BCUT2D eigenvalue weighted by molar-refractivity contribution is 0.108. The lowest BCUT2D eigenvalue weighted by Gasteiger charge is -1.98. The van der Waals surface area contributed by atoms with Crippen LogP contribution in [0.2, 0.25) is 0 Å². The molecule has 1 rings (SSSR count). The van der Waals surface area contributed by atoms with Crippen LogP contribution in [0.25, 0.3) is 0 Å². The van der Waals surface area contributed by atoms with Gasteiger partial charge in [0.2, 0.25) is 6.43 Å². The molecule has 0 spiro atoms. The molecule has 0 nitrogen and oxygen atoms in total. The minimum absolute atomic E-state index is 0.0613. The Balaban J connectivity index is 2.37.